The molecular formula is C20H18AsO2. The average molecular weight is 365 g/mol. The van der Waals surface area contributed by atoms with Crippen LogP contribution in [0.15, 0.2) is 91.0 Å². The van der Waals surface area contributed by atoms with E-state index in [0.717, 1.165) is 13.1 Å². The van der Waals surface area contributed by atoms with Gasteiger partial charge in [0.1, 0.15) is 0 Å². The molecule has 3 aromatic rings. The molecule has 0 saturated heterocycles. The zero-order chi connectivity index (χ0) is 16.1. The molecule has 23 heavy (non-hydrogen) atoms. The van der Waals surface area contributed by atoms with Gasteiger partial charge in [0.2, 0.25) is 0 Å². The van der Waals surface area contributed by atoms with E-state index in [2.05, 4.69) is 36.4 Å². The molecule has 3 aromatic carbocycles. The van der Waals surface area contributed by atoms with E-state index >= 15 is 0 Å². The molecule has 0 amide bonds. The van der Waals surface area contributed by atoms with Crippen LogP contribution in [0.5, 0.6) is 0 Å². The number of carboxylic acid groups (broad SMARTS) is 1. The Morgan fingerprint density at radius 3 is 1.22 bits per heavy atom. The van der Waals surface area contributed by atoms with Gasteiger partial charge in [0.25, 0.3) is 0 Å². The van der Waals surface area contributed by atoms with Crippen LogP contribution >= 0.6 is 0 Å². The molecule has 0 heterocycles. The third-order valence-corrected chi connectivity index (χ3v) is 13.0. The first kappa shape index (κ1) is 15.6. The Morgan fingerprint density at radius 1 is 0.652 bits per heavy atom. The van der Waals surface area contributed by atoms with E-state index in [1.807, 2.05) is 54.6 Å². The Labute approximate surface area is 138 Å². The Hall–Kier alpha value is -2.31. The molecule has 0 saturated carbocycles. The van der Waals surface area contributed by atoms with Gasteiger partial charge in [-0.25, -0.2) is 0 Å². The molecule has 1 radical (unpaired) electrons. The second kappa shape index (κ2) is 6.85. The summed E-state index contributed by atoms with van der Waals surface area (Å²) in [5, 5.41) is 9.85. The van der Waals surface area contributed by atoms with Crippen molar-refractivity contribution in [1.82, 2.24) is 0 Å². The maximum atomic E-state index is 11.8. The number of carboxylic acids is 1. The molecule has 0 aliphatic carbocycles. The van der Waals surface area contributed by atoms with Gasteiger partial charge in [-0.1, -0.05) is 0 Å². The van der Waals surface area contributed by atoms with Gasteiger partial charge in [-0.05, 0) is 0 Å². The summed E-state index contributed by atoms with van der Waals surface area (Å²) < 4.78 is 3.47. The molecular weight excluding hydrogens is 347 g/mol. The first-order valence-electron chi connectivity index (χ1n) is 7.50. The van der Waals surface area contributed by atoms with Crippen LogP contribution in [0.1, 0.15) is 0 Å². The number of carbonyl (C=O) groups is 1. The fourth-order valence-corrected chi connectivity index (χ4v) is 11.1. The fourth-order valence-electron chi connectivity index (χ4n) is 2.97. The van der Waals surface area contributed by atoms with Gasteiger partial charge < -0.3 is 0 Å². The maximum absolute atomic E-state index is 11.8. The van der Waals surface area contributed by atoms with E-state index in [4.69, 9.17) is 0 Å². The first-order chi connectivity index (χ1) is 11.2. The minimum absolute atomic E-state index is 0.177. The zero-order valence-corrected chi connectivity index (χ0v) is 14.5. The molecule has 0 spiro atoms. The van der Waals surface area contributed by atoms with Gasteiger partial charge in [-0.15, -0.1) is 0 Å². The topological polar surface area (TPSA) is 37.3 Å². The molecule has 0 fully saturated rings. The molecule has 3 rings (SSSR count). The number of aliphatic carboxylic acids is 1. The van der Waals surface area contributed by atoms with Crippen molar-refractivity contribution in [2.45, 2.75) is 5.21 Å². The van der Waals surface area contributed by atoms with E-state index in [1.165, 1.54) is 0 Å². The molecule has 0 bridgehead atoms. The summed E-state index contributed by atoms with van der Waals surface area (Å²) in [6, 6.07) is 30.4. The molecule has 0 atom stereocenters. The van der Waals surface area contributed by atoms with Crippen LogP contribution in [0, 0.1) is 0 Å². The monoisotopic (exact) mass is 365 g/mol. The number of hydrogen-bond donors (Lipinski definition) is 1. The van der Waals surface area contributed by atoms with Gasteiger partial charge in [0, 0.05) is 0 Å². The van der Waals surface area contributed by atoms with Crippen molar-refractivity contribution in [2.24, 2.45) is 0 Å². The fraction of sp³-hybridized carbons (Fsp3) is 0.0500. The molecule has 115 valence electrons. The van der Waals surface area contributed by atoms with Crippen molar-refractivity contribution >= 4 is 32.6 Å². The Balaban J connectivity index is 2.32. The second-order valence-electron chi connectivity index (χ2n) is 5.37. The van der Waals surface area contributed by atoms with Crippen LogP contribution in [0.2, 0.25) is 5.21 Å². The van der Waals surface area contributed by atoms with Crippen molar-refractivity contribution < 1.29 is 9.90 Å². The third kappa shape index (κ3) is 3.08. The summed E-state index contributed by atoms with van der Waals surface area (Å²) in [5.74, 6) is -0.742. The summed E-state index contributed by atoms with van der Waals surface area (Å²) in [6.45, 7) is 0. The summed E-state index contributed by atoms with van der Waals surface area (Å²) in [5.41, 5.74) is 0. The average Bonchev–Trinajstić information content (AvgIpc) is 2.62. The van der Waals surface area contributed by atoms with Crippen LogP contribution in [-0.4, -0.2) is 24.6 Å². The van der Waals surface area contributed by atoms with Crippen LogP contribution in [-0.2, 0) is 4.79 Å². The van der Waals surface area contributed by atoms with Crippen LogP contribution in [0.25, 0.3) is 0 Å². The van der Waals surface area contributed by atoms with Crippen molar-refractivity contribution in [3.05, 3.63) is 91.0 Å². The van der Waals surface area contributed by atoms with E-state index in [-0.39, 0.29) is 5.21 Å². The van der Waals surface area contributed by atoms with Crippen molar-refractivity contribution in [2.75, 3.05) is 0 Å². The molecule has 0 aliphatic heterocycles. The summed E-state index contributed by atoms with van der Waals surface area (Å²) in [4.78, 5) is 11.8. The Kier molecular flexibility index (Phi) is 4.64. The molecule has 0 unspecified atom stereocenters. The molecule has 0 aromatic heterocycles. The normalized spacial score (nSPS) is 11.1. The van der Waals surface area contributed by atoms with Crippen LogP contribution in [0.4, 0.5) is 0 Å². The Bertz CT molecular complexity index is 674. The molecule has 1 N–H and O–H groups in total. The minimum atomic E-state index is -3.03. The predicted molar refractivity (Wildman–Crippen MR) is 96.4 cm³/mol. The van der Waals surface area contributed by atoms with Crippen molar-refractivity contribution in [1.29, 1.82) is 0 Å². The van der Waals surface area contributed by atoms with Gasteiger partial charge in [-0.3, -0.25) is 0 Å². The van der Waals surface area contributed by atoms with Gasteiger partial charge >= 0.3 is 139 Å². The quantitative estimate of drug-likeness (QED) is 0.705. The van der Waals surface area contributed by atoms with Crippen LogP contribution in [0.3, 0.4) is 0 Å². The van der Waals surface area contributed by atoms with E-state index in [0.29, 0.717) is 0 Å². The number of benzene rings is 3. The van der Waals surface area contributed by atoms with E-state index in [1.54, 1.807) is 0 Å². The zero-order valence-electron chi connectivity index (χ0n) is 12.7. The van der Waals surface area contributed by atoms with Crippen molar-refractivity contribution in [3.8, 4) is 0 Å². The van der Waals surface area contributed by atoms with E-state index < -0.39 is 19.5 Å². The summed E-state index contributed by atoms with van der Waals surface area (Å²) in [6.07, 6.45) is 0. The second-order valence-corrected chi connectivity index (χ2v) is 12.7. The number of rotatable bonds is 5. The van der Waals surface area contributed by atoms with Gasteiger partial charge in [-0.2, -0.15) is 0 Å². The Morgan fingerprint density at radius 2 is 0.957 bits per heavy atom. The first-order valence-corrected chi connectivity index (χ1v) is 11.6. The van der Waals surface area contributed by atoms with Gasteiger partial charge in [0.15, 0.2) is 0 Å². The molecule has 0 aliphatic rings. The number of hydrogen-bond acceptors (Lipinski definition) is 1. The molecule has 2 nitrogen and oxygen atoms in total. The standard InChI is InChI=1S/C20H18AsO2/c22-20(23)16-21(17-10-4-1-5-11-17,18-12-6-2-7-13-18)19-14-8-3-9-15-19/h1-15H,16H2,(H,22,23). The summed E-state index contributed by atoms with van der Waals surface area (Å²) >= 11 is -3.03. The molecule has 3 heteroatoms. The SMILES string of the molecule is O=C(O)C[As](c1ccccc1)(c1ccccc1)c1ccccc1. The van der Waals surface area contributed by atoms with Crippen molar-refractivity contribution in [3.63, 3.8) is 0 Å². The van der Waals surface area contributed by atoms with Crippen LogP contribution < -0.4 is 13.1 Å². The summed E-state index contributed by atoms with van der Waals surface area (Å²) in [7, 11) is 0. The van der Waals surface area contributed by atoms with Gasteiger partial charge in [0.05, 0.1) is 0 Å². The third-order valence-electron chi connectivity index (χ3n) is 3.96. The predicted octanol–water partition coefficient (Wildman–Crippen LogP) is 2.24. The van der Waals surface area contributed by atoms with E-state index in [9.17, 15) is 9.90 Å².